The Bertz CT molecular complexity index is 1670. The summed E-state index contributed by atoms with van der Waals surface area (Å²) >= 11 is 0. The van der Waals surface area contributed by atoms with Gasteiger partial charge in [0.05, 0.1) is 34.5 Å². The summed E-state index contributed by atoms with van der Waals surface area (Å²) in [5.74, 6) is -0.914. The van der Waals surface area contributed by atoms with Gasteiger partial charge in [0.1, 0.15) is 11.5 Å². The van der Waals surface area contributed by atoms with Gasteiger partial charge < -0.3 is 24.2 Å². The Kier molecular flexibility index (Phi) is 10.7. The summed E-state index contributed by atoms with van der Waals surface area (Å²) in [4.78, 5) is 37.4. The molecule has 2 saturated heterocycles. The fraction of sp³-hybridized carbons (Fsp3) is 0.417. The normalized spacial score (nSPS) is 20.1. The Morgan fingerprint density at radius 1 is 0.960 bits per heavy atom. The lowest BCUT2D eigenvalue weighted by Crippen LogP contribution is -2.69. The van der Waals surface area contributed by atoms with Crippen LogP contribution in [0, 0.1) is 0 Å². The van der Waals surface area contributed by atoms with E-state index in [2.05, 4.69) is 16.5 Å². The van der Waals surface area contributed by atoms with Crippen molar-refractivity contribution in [3.05, 3.63) is 96.3 Å². The number of ether oxygens (including phenoxy) is 2. The molecule has 0 N–H and O–H groups in total. The molecule has 0 unspecified atom stereocenters. The van der Waals surface area contributed by atoms with E-state index in [-0.39, 0.29) is 50.8 Å². The van der Waals surface area contributed by atoms with Crippen LogP contribution in [-0.2, 0) is 17.1 Å². The number of benzene rings is 2. The maximum Gasteiger partial charge on any atom is 0.417 e. The molecular formula is C36H38F6N4O4. The lowest BCUT2D eigenvalue weighted by Gasteiger charge is -2.50. The lowest BCUT2D eigenvalue weighted by atomic mass is 9.80. The van der Waals surface area contributed by atoms with Crippen LogP contribution < -0.4 is 14.4 Å². The van der Waals surface area contributed by atoms with Crippen LogP contribution in [-0.4, -0.2) is 77.1 Å². The molecule has 268 valence electrons. The first kappa shape index (κ1) is 36.5. The van der Waals surface area contributed by atoms with E-state index in [4.69, 9.17) is 9.47 Å². The summed E-state index contributed by atoms with van der Waals surface area (Å²) in [6.45, 7) is 8.86. The molecule has 0 aliphatic carbocycles. The van der Waals surface area contributed by atoms with Crippen LogP contribution in [0.5, 0.6) is 11.5 Å². The number of halogens is 6. The Balaban J connectivity index is 1.51. The van der Waals surface area contributed by atoms with E-state index in [0.717, 1.165) is 42.3 Å². The lowest BCUT2D eigenvalue weighted by molar-refractivity contribution is -0.159. The molecule has 2 aliphatic heterocycles. The van der Waals surface area contributed by atoms with Crippen LogP contribution in [0.25, 0.3) is 0 Å². The maximum atomic E-state index is 14.8. The third kappa shape index (κ3) is 7.68. The first-order chi connectivity index (χ1) is 23.7. The van der Waals surface area contributed by atoms with Crippen LogP contribution in [0.4, 0.5) is 32.0 Å². The van der Waals surface area contributed by atoms with E-state index >= 15 is 0 Å². The molecule has 0 bridgehead atoms. The minimum atomic E-state index is -4.86. The first-order valence-electron chi connectivity index (χ1n) is 16.2. The molecule has 1 aromatic heterocycles. The predicted molar refractivity (Wildman–Crippen MR) is 174 cm³/mol. The van der Waals surface area contributed by atoms with Gasteiger partial charge in [-0.3, -0.25) is 14.6 Å². The summed E-state index contributed by atoms with van der Waals surface area (Å²) in [5.41, 5.74) is -3.83. The van der Waals surface area contributed by atoms with E-state index in [1.165, 1.54) is 11.0 Å². The first-order valence-corrected chi connectivity index (χ1v) is 16.2. The number of anilines is 1. The summed E-state index contributed by atoms with van der Waals surface area (Å²) in [6, 6.07) is 10.9. The number of carbonyl (C=O) groups excluding carboxylic acids is 2. The van der Waals surface area contributed by atoms with Gasteiger partial charge in [0.25, 0.3) is 11.8 Å². The third-order valence-electron chi connectivity index (χ3n) is 8.85. The molecule has 0 spiro atoms. The van der Waals surface area contributed by atoms with Crippen molar-refractivity contribution in [2.75, 3.05) is 37.6 Å². The molecule has 2 aliphatic rings. The molecule has 2 aromatic carbocycles. The molecule has 2 fully saturated rings. The maximum absolute atomic E-state index is 14.8. The van der Waals surface area contributed by atoms with Crippen molar-refractivity contribution in [3.8, 4) is 11.5 Å². The molecule has 14 heteroatoms. The zero-order valence-corrected chi connectivity index (χ0v) is 27.6. The zero-order valence-electron chi connectivity index (χ0n) is 27.6. The second-order valence-electron chi connectivity index (χ2n) is 12.5. The Morgan fingerprint density at radius 3 is 2.26 bits per heavy atom. The van der Waals surface area contributed by atoms with Gasteiger partial charge in [0, 0.05) is 51.5 Å². The minimum Gasteiger partial charge on any atom is -0.489 e. The SMILES string of the molecule is C=CC[C@H]1N(C(=O)c2cnccc2C(F)(F)F)CCC[C@@]1(Oc1ccc(C(F)(F)F)cc1)C(=O)N1CCN(c2ccccc2OC(C)C)CC1. The Labute approximate surface area is 286 Å². The van der Waals surface area contributed by atoms with E-state index in [0.29, 0.717) is 24.9 Å². The van der Waals surface area contributed by atoms with Gasteiger partial charge in [-0.25, -0.2) is 0 Å². The molecular weight excluding hydrogens is 666 g/mol. The van der Waals surface area contributed by atoms with Crippen molar-refractivity contribution >= 4 is 17.5 Å². The van der Waals surface area contributed by atoms with E-state index in [1.54, 1.807) is 4.90 Å². The number of hydrogen-bond donors (Lipinski definition) is 0. The summed E-state index contributed by atoms with van der Waals surface area (Å²) in [5, 5.41) is 0. The predicted octanol–water partition coefficient (Wildman–Crippen LogP) is 7.25. The van der Waals surface area contributed by atoms with Gasteiger partial charge in [-0.1, -0.05) is 18.2 Å². The molecule has 8 nitrogen and oxygen atoms in total. The number of likely N-dealkylation sites (tertiary alicyclic amines) is 1. The Hall–Kier alpha value is -4.75. The van der Waals surface area contributed by atoms with Crippen LogP contribution in [0.15, 0.2) is 79.6 Å². The van der Waals surface area contributed by atoms with Crippen molar-refractivity contribution in [1.82, 2.24) is 14.8 Å². The average Bonchev–Trinajstić information content (AvgIpc) is 3.08. The fourth-order valence-electron chi connectivity index (χ4n) is 6.60. The quantitative estimate of drug-likeness (QED) is 0.173. The number of hydrogen-bond acceptors (Lipinski definition) is 6. The number of pyridine rings is 1. The van der Waals surface area contributed by atoms with Crippen LogP contribution >= 0.6 is 0 Å². The van der Waals surface area contributed by atoms with Crippen molar-refractivity contribution in [2.24, 2.45) is 0 Å². The highest BCUT2D eigenvalue weighted by Gasteiger charge is 2.56. The molecule has 50 heavy (non-hydrogen) atoms. The van der Waals surface area contributed by atoms with E-state index in [9.17, 15) is 35.9 Å². The second kappa shape index (κ2) is 14.6. The van der Waals surface area contributed by atoms with Crippen LogP contribution in [0.1, 0.15) is 54.6 Å². The topological polar surface area (TPSA) is 75.2 Å². The number of piperazine rings is 1. The number of para-hydroxylation sites is 2. The van der Waals surface area contributed by atoms with Gasteiger partial charge >= 0.3 is 12.4 Å². The highest BCUT2D eigenvalue weighted by molar-refractivity contribution is 5.97. The molecule has 3 heterocycles. The number of amides is 2. The number of nitrogens with zero attached hydrogens (tertiary/aromatic N) is 4. The number of carbonyl (C=O) groups is 2. The Morgan fingerprint density at radius 2 is 1.64 bits per heavy atom. The number of rotatable bonds is 9. The van der Waals surface area contributed by atoms with Gasteiger partial charge in [-0.15, -0.1) is 6.58 Å². The molecule has 5 rings (SSSR count). The van der Waals surface area contributed by atoms with Crippen molar-refractivity contribution in [1.29, 1.82) is 0 Å². The van der Waals surface area contributed by atoms with Gasteiger partial charge in [-0.2, -0.15) is 26.3 Å². The van der Waals surface area contributed by atoms with E-state index in [1.807, 2.05) is 38.1 Å². The largest absolute Gasteiger partial charge is 0.489 e. The molecule has 0 saturated carbocycles. The van der Waals surface area contributed by atoms with Crippen molar-refractivity contribution in [2.45, 2.75) is 63.2 Å². The fourth-order valence-corrected chi connectivity index (χ4v) is 6.60. The third-order valence-corrected chi connectivity index (χ3v) is 8.85. The molecule has 2 amide bonds. The van der Waals surface area contributed by atoms with Crippen molar-refractivity contribution < 1.29 is 45.4 Å². The van der Waals surface area contributed by atoms with Gasteiger partial charge in [0.2, 0.25) is 5.60 Å². The summed E-state index contributed by atoms with van der Waals surface area (Å²) < 4.78 is 94.6. The van der Waals surface area contributed by atoms with Crippen LogP contribution in [0.3, 0.4) is 0 Å². The summed E-state index contributed by atoms with van der Waals surface area (Å²) in [6.07, 6.45) is -6.20. The molecule has 3 aromatic rings. The number of piperidine rings is 1. The smallest absolute Gasteiger partial charge is 0.417 e. The monoisotopic (exact) mass is 704 g/mol. The minimum absolute atomic E-state index is 0.00462. The highest BCUT2D eigenvalue weighted by atomic mass is 19.4. The molecule has 0 radical (unpaired) electrons. The molecule has 2 atom stereocenters. The van der Waals surface area contributed by atoms with Gasteiger partial charge in [0.15, 0.2) is 0 Å². The standard InChI is InChI=1S/C36H38F6N4O4/c1-4-8-31-34(50-26-13-11-25(12-14-26)35(37,38)39,16-7-18-46(31)32(47)27-23-43-17-15-28(27)36(40,41)42)33(48)45-21-19-44(20-22-45)29-9-5-6-10-30(29)49-24(2)3/h4-6,9-15,17,23-24,31H,1,7-8,16,18-22H2,2-3H3/t31-,34+/m1/s1. The highest BCUT2D eigenvalue weighted by Crippen LogP contribution is 2.40. The zero-order chi connectivity index (χ0) is 36.3. The number of alkyl halides is 6. The van der Waals surface area contributed by atoms with Gasteiger partial charge in [-0.05, 0) is 69.2 Å². The van der Waals surface area contributed by atoms with Crippen molar-refractivity contribution in [3.63, 3.8) is 0 Å². The number of aromatic nitrogens is 1. The second-order valence-corrected chi connectivity index (χ2v) is 12.5. The average molecular weight is 705 g/mol. The summed E-state index contributed by atoms with van der Waals surface area (Å²) in [7, 11) is 0. The van der Waals surface area contributed by atoms with E-state index < -0.39 is 52.5 Å². The van der Waals surface area contributed by atoms with Crippen LogP contribution in [0.2, 0.25) is 0 Å².